The first-order valence-corrected chi connectivity index (χ1v) is 14.5. The van der Waals surface area contributed by atoms with Crippen LogP contribution in [0.5, 0.6) is 0 Å². The summed E-state index contributed by atoms with van der Waals surface area (Å²) in [7, 11) is 0. The Bertz CT molecular complexity index is 729. The Morgan fingerprint density at radius 2 is 1.50 bits per heavy atom. The largest absolute Gasteiger partial charge is 0.387 e. The molecule has 0 aliphatic carbocycles. The third-order valence-electron chi connectivity index (χ3n) is 7.27. The van der Waals surface area contributed by atoms with Crippen LogP contribution in [0.1, 0.15) is 98.3 Å². The summed E-state index contributed by atoms with van der Waals surface area (Å²) in [4.78, 5) is 2.26. The molecular formula is C30H51NO5. The topological polar surface area (TPSA) is 60.4 Å². The van der Waals surface area contributed by atoms with Gasteiger partial charge < -0.3 is 29.0 Å². The van der Waals surface area contributed by atoms with Crippen molar-refractivity contribution in [1.82, 2.24) is 0 Å². The number of para-hydroxylation sites is 1. The van der Waals surface area contributed by atoms with Crippen LogP contribution in [-0.4, -0.2) is 61.3 Å². The van der Waals surface area contributed by atoms with E-state index in [1.807, 2.05) is 32.0 Å². The van der Waals surface area contributed by atoms with Gasteiger partial charge in [-0.05, 0) is 38.8 Å². The summed E-state index contributed by atoms with van der Waals surface area (Å²) < 4.78 is 24.9. The van der Waals surface area contributed by atoms with Crippen molar-refractivity contribution in [3.05, 3.63) is 30.3 Å². The Morgan fingerprint density at radius 1 is 0.861 bits per heavy atom. The Kier molecular flexibility index (Phi) is 12.0. The van der Waals surface area contributed by atoms with E-state index in [-0.39, 0.29) is 6.61 Å². The molecule has 0 spiro atoms. The van der Waals surface area contributed by atoms with Crippen LogP contribution in [0.25, 0.3) is 0 Å². The number of unbranched alkanes of at least 4 members (excludes halogenated alkanes) is 9. The molecule has 2 fully saturated rings. The Hall–Kier alpha value is -1.18. The molecule has 4 atom stereocenters. The van der Waals surface area contributed by atoms with Gasteiger partial charge in [-0.3, -0.25) is 0 Å². The van der Waals surface area contributed by atoms with E-state index >= 15 is 0 Å². The smallest absolute Gasteiger partial charge is 0.224 e. The lowest BCUT2D eigenvalue weighted by molar-refractivity contribution is -0.277. The maximum absolute atomic E-state index is 11.2. The van der Waals surface area contributed by atoms with Crippen LogP contribution in [0.2, 0.25) is 0 Å². The molecule has 0 radical (unpaired) electrons. The Morgan fingerprint density at radius 3 is 2.14 bits per heavy atom. The first kappa shape index (κ1) is 29.4. The number of rotatable bonds is 18. The molecule has 2 aliphatic heterocycles. The number of aliphatic hydroxyl groups excluding tert-OH is 1. The van der Waals surface area contributed by atoms with Crippen molar-refractivity contribution in [3.63, 3.8) is 0 Å². The Labute approximate surface area is 219 Å². The summed E-state index contributed by atoms with van der Waals surface area (Å²) in [5, 5.41) is 11.2. The first-order chi connectivity index (χ1) is 17.4. The molecule has 206 valence electrons. The molecule has 1 N–H and O–H groups in total. The molecule has 6 nitrogen and oxygen atoms in total. The summed E-state index contributed by atoms with van der Waals surface area (Å²) in [6, 6.07) is 10.3. The highest BCUT2D eigenvalue weighted by atomic mass is 16.9. The maximum Gasteiger partial charge on any atom is 0.224 e. The van der Waals surface area contributed by atoms with Crippen LogP contribution in [0.3, 0.4) is 0 Å². The average molecular weight is 506 g/mol. The standard InChI is InChI=1S/C30H51NO5/c1-5-7-8-9-10-11-12-13-14-18-22-33-24-30-28(35-29(3,4)36-30)27(32)26(34-30)23-31(21-6-2)25-19-16-15-17-20-25/h15-17,19-20,26-28,32H,5-14,18,21-24H2,1-4H3/t26-,27+,28-,30-/m0/s1. The van der Waals surface area contributed by atoms with Gasteiger partial charge in [-0.25, -0.2) is 0 Å². The van der Waals surface area contributed by atoms with Gasteiger partial charge in [0.15, 0.2) is 5.79 Å². The maximum atomic E-state index is 11.2. The molecular weight excluding hydrogens is 454 g/mol. The summed E-state index contributed by atoms with van der Waals surface area (Å²) in [6.45, 7) is 10.6. The second kappa shape index (κ2) is 14.7. The fourth-order valence-electron chi connectivity index (χ4n) is 5.48. The molecule has 6 heteroatoms. The summed E-state index contributed by atoms with van der Waals surface area (Å²) in [5.74, 6) is -1.89. The molecule has 1 aromatic carbocycles. The number of hydrogen-bond acceptors (Lipinski definition) is 6. The molecule has 2 aliphatic rings. The minimum Gasteiger partial charge on any atom is -0.387 e. The van der Waals surface area contributed by atoms with Gasteiger partial charge in [-0.15, -0.1) is 0 Å². The monoisotopic (exact) mass is 505 g/mol. The minimum absolute atomic E-state index is 0.269. The van der Waals surface area contributed by atoms with Gasteiger partial charge in [0, 0.05) is 25.4 Å². The van der Waals surface area contributed by atoms with E-state index in [9.17, 15) is 5.11 Å². The summed E-state index contributed by atoms with van der Waals surface area (Å²) in [6.07, 6.45) is 12.2. The first-order valence-electron chi connectivity index (χ1n) is 14.5. The van der Waals surface area contributed by atoms with Crippen LogP contribution in [0, 0.1) is 0 Å². The highest BCUT2D eigenvalue weighted by molar-refractivity contribution is 5.46. The number of anilines is 1. The van der Waals surface area contributed by atoms with E-state index < -0.39 is 29.9 Å². The molecule has 3 rings (SSSR count). The zero-order valence-corrected chi connectivity index (χ0v) is 23.3. The predicted molar refractivity (Wildman–Crippen MR) is 145 cm³/mol. The molecule has 0 amide bonds. The van der Waals surface area contributed by atoms with Crippen LogP contribution < -0.4 is 4.90 Å². The van der Waals surface area contributed by atoms with Crippen molar-refractivity contribution in [2.24, 2.45) is 0 Å². The zero-order valence-electron chi connectivity index (χ0n) is 23.3. The average Bonchev–Trinajstić information content (AvgIpc) is 3.26. The van der Waals surface area contributed by atoms with E-state index in [4.69, 9.17) is 18.9 Å². The number of aliphatic hydroxyl groups is 1. The van der Waals surface area contributed by atoms with Gasteiger partial charge in [0.05, 0.1) is 0 Å². The highest BCUT2D eigenvalue weighted by Gasteiger charge is 2.64. The van der Waals surface area contributed by atoms with Crippen molar-refractivity contribution in [2.75, 3.05) is 31.2 Å². The van der Waals surface area contributed by atoms with Gasteiger partial charge in [0.1, 0.15) is 24.9 Å². The highest BCUT2D eigenvalue weighted by Crippen LogP contribution is 2.46. The SMILES string of the molecule is CCCCCCCCCCCCOC[C@@]12O[C@@H](CN(CCC)c3ccccc3)[C@@H](O)[C@@H]1OC(C)(C)O2. The second-order valence-electron chi connectivity index (χ2n) is 11.0. The van der Waals surface area contributed by atoms with Gasteiger partial charge >= 0.3 is 0 Å². The molecule has 2 heterocycles. The molecule has 2 saturated heterocycles. The van der Waals surface area contributed by atoms with Crippen molar-refractivity contribution in [3.8, 4) is 0 Å². The van der Waals surface area contributed by atoms with Crippen molar-refractivity contribution < 1.29 is 24.1 Å². The van der Waals surface area contributed by atoms with Crippen molar-refractivity contribution in [2.45, 2.75) is 128 Å². The van der Waals surface area contributed by atoms with Gasteiger partial charge in [0.2, 0.25) is 5.79 Å². The lowest BCUT2D eigenvalue weighted by Gasteiger charge is -2.32. The van der Waals surface area contributed by atoms with E-state index in [1.54, 1.807) is 0 Å². The quantitative estimate of drug-likeness (QED) is 0.231. The van der Waals surface area contributed by atoms with Crippen molar-refractivity contribution in [1.29, 1.82) is 0 Å². The number of nitrogens with zero attached hydrogens (tertiary/aromatic N) is 1. The third kappa shape index (κ3) is 8.42. The second-order valence-corrected chi connectivity index (χ2v) is 11.0. The number of fused-ring (bicyclic) bond motifs is 1. The van der Waals surface area contributed by atoms with Crippen LogP contribution in [0.15, 0.2) is 30.3 Å². The van der Waals surface area contributed by atoms with Crippen LogP contribution in [0.4, 0.5) is 5.69 Å². The lowest BCUT2D eigenvalue weighted by atomic mass is 10.0. The molecule has 0 unspecified atom stereocenters. The normalized spacial score (nSPS) is 26.9. The van der Waals surface area contributed by atoms with E-state index in [2.05, 4.69) is 30.9 Å². The molecule has 1 aromatic rings. The summed E-state index contributed by atoms with van der Waals surface area (Å²) >= 11 is 0. The summed E-state index contributed by atoms with van der Waals surface area (Å²) in [5.41, 5.74) is 1.13. The number of ether oxygens (including phenoxy) is 4. The molecule has 0 saturated carbocycles. The number of benzene rings is 1. The van der Waals surface area contributed by atoms with Crippen molar-refractivity contribution >= 4 is 5.69 Å². The molecule has 0 aromatic heterocycles. The Balaban J connectivity index is 1.45. The zero-order chi connectivity index (χ0) is 25.9. The number of hydrogen-bond donors (Lipinski definition) is 1. The predicted octanol–water partition coefficient (Wildman–Crippen LogP) is 6.45. The third-order valence-corrected chi connectivity index (χ3v) is 7.27. The molecule has 36 heavy (non-hydrogen) atoms. The van der Waals surface area contributed by atoms with Crippen LogP contribution in [-0.2, 0) is 18.9 Å². The van der Waals surface area contributed by atoms with E-state index in [1.165, 1.54) is 57.8 Å². The minimum atomic E-state index is -1.07. The van der Waals surface area contributed by atoms with E-state index in [0.717, 1.165) is 25.1 Å². The fourth-order valence-corrected chi connectivity index (χ4v) is 5.48. The van der Waals surface area contributed by atoms with Gasteiger partial charge in [-0.2, -0.15) is 0 Å². The molecule has 0 bridgehead atoms. The van der Waals surface area contributed by atoms with Crippen LogP contribution >= 0.6 is 0 Å². The van der Waals surface area contributed by atoms with Gasteiger partial charge in [-0.1, -0.05) is 89.8 Å². The van der Waals surface area contributed by atoms with Gasteiger partial charge in [0.25, 0.3) is 0 Å². The lowest BCUT2D eigenvalue weighted by Crippen LogP contribution is -2.45. The fraction of sp³-hybridized carbons (Fsp3) is 0.800. The van der Waals surface area contributed by atoms with E-state index in [0.29, 0.717) is 13.2 Å².